The molecule has 0 atom stereocenters. The summed E-state index contributed by atoms with van der Waals surface area (Å²) in [6.07, 6.45) is 1.65. The van der Waals surface area contributed by atoms with Crippen molar-refractivity contribution >= 4 is 17.2 Å². The van der Waals surface area contributed by atoms with Gasteiger partial charge >= 0.3 is 0 Å². The summed E-state index contributed by atoms with van der Waals surface area (Å²) < 4.78 is 11.6. The molecule has 2 rings (SSSR count). The minimum Gasteiger partial charge on any atom is -0.348 e. The zero-order valence-electron chi connectivity index (χ0n) is 10.9. The van der Waals surface area contributed by atoms with E-state index in [0.717, 1.165) is 11.1 Å². The number of ether oxygens (including phenoxy) is 2. The molecular weight excluding hydrogens is 248 g/mol. The molecule has 0 spiro atoms. The molecule has 0 amide bonds. The van der Waals surface area contributed by atoms with Crippen LogP contribution in [0.5, 0.6) is 0 Å². The summed E-state index contributed by atoms with van der Waals surface area (Å²) >= 11 is 5.83. The van der Waals surface area contributed by atoms with E-state index in [2.05, 4.69) is 13.8 Å². The van der Waals surface area contributed by atoms with Crippen LogP contribution in [0.25, 0.3) is 5.57 Å². The zero-order valence-corrected chi connectivity index (χ0v) is 11.6. The van der Waals surface area contributed by atoms with Crippen LogP contribution in [0.1, 0.15) is 19.4 Å². The van der Waals surface area contributed by atoms with E-state index in [9.17, 15) is 0 Å². The molecule has 1 fully saturated rings. The second-order valence-corrected chi connectivity index (χ2v) is 5.61. The fourth-order valence-corrected chi connectivity index (χ4v) is 2.10. The Kier molecular flexibility index (Phi) is 4.44. The van der Waals surface area contributed by atoms with Gasteiger partial charge in [0.2, 0.25) is 0 Å². The van der Waals surface area contributed by atoms with Crippen molar-refractivity contribution in [2.45, 2.75) is 20.1 Å². The van der Waals surface area contributed by atoms with Crippen molar-refractivity contribution in [2.75, 3.05) is 19.1 Å². The molecule has 0 saturated carbocycles. The smallest absolute Gasteiger partial charge is 0.184 e. The highest BCUT2D eigenvalue weighted by molar-refractivity contribution is 6.19. The number of halogens is 1. The maximum atomic E-state index is 5.83. The second-order valence-electron chi connectivity index (χ2n) is 5.30. The summed E-state index contributed by atoms with van der Waals surface area (Å²) in [5.74, 6) is 0.455. The zero-order chi connectivity index (χ0) is 13.0. The van der Waals surface area contributed by atoms with Crippen molar-refractivity contribution in [3.05, 3.63) is 42.0 Å². The summed E-state index contributed by atoms with van der Waals surface area (Å²) in [5.41, 5.74) is 2.20. The molecule has 0 aromatic heterocycles. The first-order valence-corrected chi connectivity index (χ1v) is 6.70. The van der Waals surface area contributed by atoms with Gasteiger partial charge in [0.15, 0.2) is 6.29 Å². The molecule has 0 unspecified atom stereocenters. The molecule has 0 radical (unpaired) electrons. The number of alkyl halides is 1. The monoisotopic (exact) mass is 266 g/mol. The average molecular weight is 267 g/mol. The predicted molar refractivity (Wildman–Crippen MR) is 74.6 cm³/mol. The summed E-state index contributed by atoms with van der Waals surface area (Å²) in [6.45, 7) is 5.67. The third-order valence-electron chi connectivity index (χ3n) is 2.91. The number of hydrogen-bond donors (Lipinski definition) is 0. The molecule has 1 aliphatic rings. The van der Waals surface area contributed by atoms with Gasteiger partial charge in [-0.1, -0.05) is 50.3 Å². The minimum absolute atomic E-state index is 0.0826. The molecule has 2 nitrogen and oxygen atoms in total. The van der Waals surface area contributed by atoms with E-state index in [1.54, 1.807) is 0 Å². The van der Waals surface area contributed by atoms with Crippen LogP contribution < -0.4 is 0 Å². The molecule has 0 bridgehead atoms. The van der Waals surface area contributed by atoms with Gasteiger partial charge in [-0.25, -0.2) is 0 Å². The van der Waals surface area contributed by atoms with Crippen LogP contribution in [0.3, 0.4) is 0 Å². The Morgan fingerprint density at radius 3 is 2.44 bits per heavy atom. The normalized spacial score (nSPS) is 20.9. The quantitative estimate of drug-likeness (QED) is 0.777. The van der Waals surface area contributed by atoms with E-state index in [-0.39, 0.29) is 11.7 Å². The minimum atomic E-state index is -0.306. The molecule has 1 aromatic carbocycles. The lowest BCUT2D eigenvalue weighted by Crippen LogP contribution is -2.38. The van der Waals surface area contributed by atoms with Crippen molar-refractivity contribution in [3.63, 3.8) is 0 Å². The van der Waals surface area contributed by atoms with Crippen molar-refractivity contribution in [2.24, 2.45) is 5.41 Å². The molecule has 0 N–H and O–H groups in total. The van der Waals surface area contributed by atoms with Crippen LogP contribution in [0, 0.1) is 5.41 Å². The van der Waals surface area contributed by atoms with Gasteiger partial charge in [-0.05, 0) is 5.56 Å². The van der Waals surface area contributed by atoms with Crippen LogP contribution >= 0.6 is 11.6 Å². The standard InChI is InChI=1S/C15H19ClO2/c1-15(2)10-17-14(18-11-15)13(8-9-16)12-6-4-3-5-7-12/h3-8,14H,9-11H2,1-2H3. The number of allylic oxidation sites excluding steroid dienone is 1. The summed E-state index contributed by atoms with van der Waals surface area (Å²) in [6, 6.07) is 10.1. The Hall–Kier alpha value is -0.830. The van der Waals surface area contributed by atoms with Gasteiger partial charge in [-0.3, -0.25) is 0 Å². The van der Waals surface area contributed by atoms with Gasteiger partial charge in [0.1, 0.15) is 0 Å². The molecule has 3 heteroatoms. The highest BCUT2D eigenvalue weighted by Crippen LogP contribution is 2.30. The molecule has 0 aliphatic carbocycles. The lowest BCUT2D eigenvalue weighted by molar-refractivity contribution is -0.192. The summed E-state index contributed by atoms with van der Waals surface area (Å²) in [7, 11) is 0. The first-order valence-electron chi connectivity index (χ1n) is 6.17. The van der Waals surface area contributed by atoms with E-state index in [0.29, 0.717) is 19.1 Å². The first kappa shape index (κ1) is 13.6. The van der Waals surface area contributed by atoms with Gasteiger partial charge in [-0.15, -0.1) is 11.6 Å². The molecular formula is C15H19ClO2. The van der Waals surface area contributed by atoms with Crippen LogP contribution in [-0.2, 0) is 9.47 Å². The Balaban J connectivity index is 2.16. The predicted octanol–water partition coefficient (Wildman–Crippen LogP) is 3.71. The van der Waals surface area contributed by atoms with Gasteiger partial charge in [-0.2, -0.15) is 0 Å². The third-order valence-corrected chi connectivity index (χ3v) is 3.06. The van der Waals surface area contributed by atoms with Gasteiger partial charge < -0.3 is 9.47 Å². The maximum absolute atomic E-state index is 5.83. The average Bonchev–Trinajstić information content (AvgIpc) is 2.38. The van der Waals surface area contributed by atoms with Crippen LogP contribution in [0.15, 0.2) is 36.4 Å². The van der Waals surface area contributed by atoms with E-state index >= 15 is 0 Å². The van der Waals surface area contributed by atoms with E-state index in [1.165, 1.54) is 0 Å². The van der Waals surface area contributed by atoms with Crippen LogP contribution in [-0.4, -0.2) is 25.4 Å². The van der Waals surface area contributed by atoms with Crippen molar-refractivity contribution in [3.8, 4) is 0 Å². The van der Waals surface area contributed by atoms with Gasteiger partial charge in [0.25, 0.3) is 0 Å². The Labute approximate surface area is 114 Å². The lowest BCUT2D eigenvalue weighted by Gasteiger charge is -2.35. The number of hydrogen-bond acceptors (Lipinski definition) is 2. The largest absolute Gasteiger partial charge is 0.348 e. The summed E-state index contributed by atoms with van der Waals surface area (Å²) in [4.78, 5) is 0. The fraction of sp³-hybridized carbons (Fsp3) is 0.467. The first-order chi connectivity index (χ1) is 8.62. The molecule has 1 aliphatic heterocycles. The highest BCUT2D eigenvalue weighted by atomic mass is 35.5. The van der Waals surface area contributed by atoms with Crippen molar-refractivity contribution < 1.29 is 9.47 Å². The van der Waals surface area contributed by atoms with Gasteiger partial charge in [0, 0.05) is 16.9 Å². The summed E-state index contributed by atoms with van der Waals surface area (Å²) in [5, 5.41) is 0. The van der Waals surface area contributed by atoms with E-state index in [4.69, 9.17) is 21.1 Å². The third kappa shape index (κ3) is 3.35. The topological polar surface area (TPSA) is 18.5 Å². The van der Waals surface area contributed by atoms with Crippen molar-refractivity contribution in [1.29, 1.82) is 0 Å². The number of rotatable bonds is 3. The van der Waals surface area contributed by atoms with E-state index < -0.39 is 0 Å². The molecule has 18 heavy (non-hydrogen) atoms. The lowest BCUT2D eigenvalue weighted by atomic mass is 9.95. The Bertz CT molecular complexity index is 402. The van der Waals surface area contributed by atoms with E-state index in [1.807, 2.05) is 36.4 Å². The fourth-order valence-electron chi connectivity index (χ4n) is 1.94. The molecule has 1 saturated heterocycles. The Morgan fingerprint density at radius 2 is 1.89 bits per heavy atom. The van der Waals surface area contributed by atoms with Crippen LogP contribution in [0.4, 0.5) is 0 Å². The van der Waals surface area contributed by atoms with Crippen molar-refractivity contribution in [1.82, 2.24) is 0 Å². The maximum Gasteiger partial charge on any atom is 0.184 e. The molecule has 1 heterocycles. The SMILES string of the molecule is CC1(C)COC(C(=CCCl)c2ccccc2)OC1. The number of benzene rings is 1. The molecule has 1 aromatic rings. The Morgan fingerprint density at radius 1 is 1.28 bits per heavy atom. The van der Waals surface area contributed by atoms with Crippen LogP contribution in [0.2, 0.25) is 0 Å². The van der Waals surface area contributed by atoms with Gasteiger partial charge in [0.05, 0.1) is 13.2 Å². The highest BCUT2D eigenvalue weighted by Gasteiger charge is 2.30. The second kappa shape index (κ2) is 5.87. The molecule has 98 valence electrons.